The van der Waals surface area contributed by atoms with Crippen LogP contribution in [0.25, 0.3) is 0 Å². The van der Waals surface area contributed by atoms with Crippen molar-refractivity contribution in [2.45, 2.75) is 58.0 Å². The lowest BCUT2D eigenvalue weighted by Crippen LogP contribution is -2.46. The summed E-state index contributed by atoms with van der Waals surface area (Å²) in [6, 6.07) is 1.45. The molecule has 0 aliphatic carbocycles. The van der Waals surface area contributed by atoms with Gasteiger partial charge in [0.1, 0.15) is 0 Å². The molecule has 2 atom stereocenters. The Morgan fingerprint density at radius 3 is 2.78 bits per heavy atom. The molecule has 1 aliphatic heterocycles. The Morgan fingerprint density at radius 2 is 2.11 bits per heavy atom. The Labute approximate surface area is 114 Å². The summed E-state index contributed by atoms with van der Waals surface area (Å²) in [5.41, 5.74) is 0. The van der Waals surface area contributed by atoms with E-state index in [4.69, 9.17) is 0 Å². The number of nitrogens with zero attached hydrogens (tertiary/aromatic N) is 2. The quantitative estimate of drug-likeness (QED) is 0.637. The molecule has 0 radical (unpaired) electrons. The molecule has 0 aromatic rings. The molecule has 1 N–H and O–H groups in total. The summed E-state index contributed by atoms with van der Waals surface area (Å²) in [5.74, 6) is 0. The van der Waals surface area contributed by atoms with Crippen molar-refractivity contribution in [3.05, 3.63) is 0 Å². The van der Waals surface area contributed by atoms with E-state index in [2.05, 4.69) is 43.1 Å². The van der Waals surface area contributed by atoms with Gasteiger partial charge in [0.15, 0.2) is 0 Å². The minimum absolute atomic E-state index is 0.680. The molecule has 1 heterocycles. The molecule has 108 valence electrons. The van der Waals surface area contributed by atoms with Crippen molar-refractivity contribution in [3.8, 4) is 0 Å². The summed E-state index contributed by atoms with van der Waals surface area (Å²) >= 11 is 0. The van der Waals surface area contributed by atoms with Crippen LogP contribution in [-0.4, -0.2) is 62.2 Å². The number of likely N-dealkylation sites (N-methyl/N-ethyl adjacent to an activating group) is 1. The predicted molar refractivity (Wildman–Crippen MR) is 80.1 cm³/mol. The molecule has 0 aromatic carbocycles. The van der Waals surface area contributed by atoms with E-state index in [-0.39, 0.29) is 0 Å². The van der Waals surface area contributed by atoms with E-state index in [0.717, 1.165) is 12.6 Å². The van der Waals surface area contributed by atoms with Crippen LogP contribution in [0.15, 0.2) is 0 Å². The lowest BCUT2D eigenvalue weighted by molar-refractivity contribution is 0.159. The molecular formula is C15H33N3. The fourth-order valence-electron chi connectivity index (χ4n) is 2.98. The van der Waals surface area contributed by atoms with E-state index in [1.807, 2.05) is 0 Å². The van der Waals surface area contributed by atoms with Crippen molar-refractivity contribution in [1.29, 1.82) is 0 Å². The molecule has 0 spiro atoms. The van der Waals surface area contributed by atoms with Gasteiger partial charge in [0.2, 0.25) is 0 Å². The molecule has 1 aliphatic rings. The standard InChI is InChI=1S/C15H33N3/c1-5-6-7-10-16-12-14(2)18-11-8-9-15(18)13-17(3)4/h14-16H,5-13H2,1-4H3. The monoisotopic (exact) mass is 255 g/mol. The number of hydrogen-bond acceptors (Lipinski definition) is 3. The third-order valence-corrected chi connectivity index (χ3v) is 3.96. The Hall–Kier alpha value is -0.120. The summed E-state index contributed by atoms with van der Waals surface area (Å²) in [7, 11) is 4.37. The number of unbranched alkanes of at least 4 members (excludes halogenated alkanes) is 2. The van der Waals surface area contributed by atoms with Gasteiger partial charge in [-0.1, -0.05) is 19.8 Å². The van der Waals surface area contributed by atoms with Crippen LogP contribution in [0.2, 0.25) is 0 Å². The molecule has 1 saturated heterocycles. The molecule has 0 saturated carbocycles. The Kier molecular flexibility index (Phi) is 7.87. The predicted octanol–water partition coefficient (Wildman–Crippen LogP) is 2.18. The molecule has 3 nitrogen and oxygen atoms in total. The first-order valence-electron chi connectivity index (χ1n) is 7.76. The van der Waals surface area contributed by atoms with E-state index >= 15 is 0 Å². The van der Waals surface area contributed by atoms with Gasteiger partial charge in [0.25, 0.3) is 0 Å². The third kappa shape index (κ3) is 5.68. The number of nitrogens with one attached hydrogen (secondary N) is 1. The second-order valence-corrected chi connectivity index (χ2v) is 6.06. The molecule has 2 unspecified atom stereocenters. The molecule has 0 amide bonds. The first-order valence-corrected chi connectivity index (χ1v) is 7.76. The molecule has 3 heteroatoms. The zero-order valence-electron chi connectivity index (χ0n) is 12.9. The SMILES string of the molecule is CCCCCNCC(C)N1CCCC1CN(C)C. The van der Waals surface area contributed by atoms with Gasteiger partial charge in [-0.15, -0.1) is 0 Å². The molecule has 0 bridgehead atoms. The maximum absolute atomic E-state index is 3.62. The third-order valence-electron chi connectivity index (χ3n) is 3.96. The molecule has 0 aromatic heterocycles. The van der Waals surface area contributed by atoms with Crippen LogP contribution in [0.1, 0.15) is 46.0 Å². The summed E-state index contributed by atoms with van der Waals surface area (Å²) in [4.78, 5) is 5.03. The van der Waals surface area contributed by atoms with E-state index in [1.54, 1.807) is 0 Å². The zero-order valence-corrected chi connectivity index (χ0v) is 12.9. The molecule has 18 heavy (non-hydrogen) atoms. The van der Waals surface area contributed by atoms with Gasteiger partial charge in [-0.2, -0.15) is 0 Å². The fraction of sp³-hybridized carbons (Fsp3) is 1.00. The number of hydrogen-bond donors (Lipinski definition) is 1. The Balaban J connectivity index is 2.20. The minimum atomic E-state index is 0.680. The molecule has 1 rings (SSSR count). The summed E-state index contributed by atoms with van der Waals surface area (Å²) in [6.07, 6.45) is 6.74. The first-order chi connectivity index (χ1) is 8.65. The molecular weight excluding hydrogens is 222 g/mol. The van der Waals surface area contributed by atoms with Crippen LogP contribution in [0, 0.1) is 0 Å². The summed E-state index contributed by atoms with van der Waals surface area (Å²) in [5, 5.41) is 3.62. The van der Waals surface area contributed by atoms with Gasteiger partial charge in [-0.25, -0.2) is 0 Å². The maximum Gasteiger partial charge on any atom is 0.0226 e. The largest absolute Gasteiger partial charge is 0.315 e. The lowest BCUT2D eigenvalue weighted by atomic mass is 10.2. The van der Waals surface area contributed by atoms with Crippen molar-refractivity contribution < 1.29 is 0 Å². The van der Waals surface area contributed by atoms with Crippen molar-refractivity contribution in [3.63, 3.8) is 0 Å². The van der Waals surface area contributed by atoms with Gasteiger partial charge in [-0.05, 0) is 53.4 Å². The summed E-state index contributed by atoms with van der Waals surface area (Å²) in [6.45, 7) is 9.47. The van der Waals surface area contributed by atoms with Crippen molar-refractivity contribution in [1.82, 2.24) is 15.1 Å². The minimum Gasteiger partial charge on any atom is -0.315 e. The van der Waals surface area contributed by atoms with Gasteiger partial charge < -0.3 is 10.2 Å². The lowest BCUT2D eigenvalue weighted by Gasteiger charge is -2.32. The van der Waals surface area contributed by atoms with E-state index in [9.17, 15) is 0 Å². The second kappa shape index (κ2) is 8.89. The van der Waals surface area contributed by atoms with Crippen LogP contribution < -0.4 is 5.32 Å². The average molecular weight is 255 g/mol. The highest BCUT2D eigenvalue weighted by Crippen LogP contribution is 2.20. The topological polar surface area (TPSA) is 18.5 Å². The van der Waals surface area contributed by atoms with Crippen LogP contribution in [0.4, 0.5) is 0 Å². The number of likely N-dealkylation sites (tertiary alicyclic amines) is 1. The highest BCUT2D eigenvalue weighted by atomic mass is 15.2. The van der Waals surface area contributed by atoms with E-state index in [1.165, 1.54) is 51.7 Å². The normalized spacial score (nSPS) is 22.8. The van der Waals surface area contributed by atoms with E-state index < -0.39 is 0 Å². The first kappa shape index (κ1) is 15.9. The van der Waals surface area contributed by atoms with Crippen LogP contribution in [-0.2, 0) is 0 Å². The van der Waals surface area contributed by atoms with Crippen LogP contribution >= 0.6 is 0 Å². The van der Waals surface area contributed by atoms with Gasteiger partial charge in [0, 0.05) is 25.2 Å². The van der Waals surface area contributed by atoms with Crippen molar-refractivity contribution in [2.24, 2.45) is 0 Å². The van der Waals surface area contributed by atoms with E-state index in [0.29, 0.717) is 6.04 Å². The van der Waals surface area contributed by atoms with Gasteiger partial charge in [0.05, 0.1) is 0 Å². The fourth-order valence-corrected chi connectivity index (χ4v) is 2.98. The number of rotatable bonds is 9. The van der Waals surface area contributed by atoms with Gasteiger partial charge >= 0.3 is 0 Å². The smallest absolute Gasteiger partial charge is 0.0226 e. The zero-order chi connectivity index (χ0) is 13.4. The highest BCUT2D eigenvalue weighted by molar-refractivity contribution is 4.85. The summed E-state index contributed by atoms with van der Waals surface area (Å²) < 4.78 is 0. The second-order valence-electron chi connectivity index (χ2n) is 6.06. The van der Waals surface area contributed by atoms with Crippen LogP contribution in [0.3, 0.4) is 0 Å². The van der Waals surface area contributed by atoms with Crippen LogP contribution in [0.5, 0.6) is 0 Å². The Morgan fingerprint density at radius 1 is 1.33 bits per heavy atom. The highest BCUT2D eigenvalue weighted by Gasteiger charge is 2.28. The maximum atomic E-state index is 3.62. The van der Waals surface area contributed by atoms with Crippen molar-refractivity contribution in [2.75, 3.05) is 40.3 Å². The van der Waals surface area contributed by atoms with Crippen molar-refractivity contribution >= 4 is 0 Å². The van der Waals surface area contributed by atoms with Gasteiger partial charge in [-0.3, -0.25) is 4.90 Å². The average Bonchev–Trinajstić information content (AvgIpc) is 2.76. The Bertz CT molecular complexity index is 206. The molecule has 1 fully saturated rings.